The number of carbonyl (C=O) groups excluding carboxylic acids is 2. The summed E-state index contributed by atoms with van der Waals surface area (Å²) in [5.74, 6) is -1.44. The number of amides is 2. The second kappa shape index (κ2) is 6.49. The molecule has 6 nitrogen and oxygen atoms in total. The van der Waals surface area contributed by atoms with Gasteiger partial charge in [0, 0.05) is 17.7 Å². The van der Waals surface area contributed by atoms with Crippen LogP contribution in [0.25, 0.3) is 0 Å². The molecule has 0 unspecified atom stereocenters. The van der Waals surface area contributed by atoms with E-state index in [4.69, 9.17) is 0 Å². The molecule has 8 heteroatoms. The molecule has 1 aromatic carbocycles. The van der Waals surface area contributed by atoms with Crippen molar-refractivity contribution < 1.29 is 14.0 Å². The van der Waals surface area contributed by atoms with Gasteiger partial charge in [-0.2, -0.15) is 5.10 Å². The van der Waals surface area contributed by atoms with Gasteiger partial charge in [0.2, 0.25) is 5.91 Å². The number of aromatic nitrogens is 2. The highest BCUT2D eigenvalue weighted by molar-refractivity contribution is 9.10. The van der Waals surface area contributed by atoms with Gasteiger partial charge in [0.15, 0.2) is 0 Å². The Morgan fingerprint density at radius 1 is 1.43 bits per heavy atom. The summed E-state index contributed by atoms with van der Waals surface area (Å²) in [7, 11) is 1.52. The van der Waals surface area contributed by atoms with E-state index in [-0.39, 0.29) is 18.0 Å². The number of likely N-dealkylation sites (N-methyl/N-ethyl adjacent to an activating group) is 1. The molecule has 0 aliphatic rings. The minimum Gasteiger partial charge on any atom is -0.358 e. The van der Waals surface area contributed by atoms with E-state index in [9.17, 15) is 14.0 Å². The number of benzene rings is 1. The molecule has 21 heavy (non-hydrogen) atoms. The lowest BCUT2D eigenvalue weighted by atomic mass is 10.2. The zero-order valence-electron chi connectivity index (χ0n) is 11.1. The van der Waals surface area contributed by atoms with Gasteiger partial charge in [-0.25, -0.2) is 4.39 Å². The molecule has 0 bridgehead atoms. The van der Waals surface area contributed by atoms with Gasteiger partial charge < -0.3 is 10.6 Å². The number of anilines is 1. The molecule has 1 heterocycles. The van der Waals surface area contributed by atoms with Gasteiger partial charge >= 0.3 is 0 Å². The summed E-state index contributed by atoms with van der Waals surface area (Å²) in [6, 6.07) is 4.28. The van der Waals surface area contributed by atoms with Crippen LogP contribution in [0, 0.1) is 5.82 Å². The molecule has 0 atom stereocenters. The van der Waals surface area contributed by atoms with E-state index in [0.29, 0.717) is 10.2 Å². The van der Waals surface area contributed by atoms with Gasteiger partial charge in [-0.15, -0.1) is 0 Å². The lowest BCUT2D eigenvalue weighted by Crippen LogP contribution is -2.23. The average molecular weight is 355 g/mol. The van der Waals surface area contributed by atoms with Crippen LogP contribution < -0.4 is 10.6 Å². The molecule has 0 fully saturated rings. The third-order valence-corrected chi connectivity index (χ3v) is 3.33. The zero-order valence-corrected chi connectivity index (χ0v) is 12.6. The number of rotatable bonds is 4. The Morgan fingerprint density at radius 3 is 2.86 bits per heavy atom. The monoisotopic (exact) mass is 354 g/mol. The first-order chi connectivity index (χ1) is 10.0. The van der Waals surface area contributed by atoms with Crippen molar-refractivity contribution in [3.05, 3.63) is 46.4 Å². The largest absolute Gasteiger partial charge is 0.358 e. The van der Waals surface area contributed by atoms with E-state index >= 15 is 0 Å². The second-order valence-electron chi connectivity index (χ2n) is 4.15. The Morgan fingerprint density at radius 2 is 2.19 bits per heavy atom. The molecule has 2 amide bonds. The van der Waals surface area contributed by atoms with E-state index in [0.717, 1.165) is 0 Å². The normalized spacial score (nSPS) is 10.2. The Hall–Kier alpha value is -2.22. The number of halogens is 2. The standard InChI is InChI=1S/C13H12BrFN4O2/c1-16-11(20)7-19-6-8(5-17-19)18-13(21)12-9(14)3-2-4-10(12)15/h2-6H,7H2,1H3,(H,16,20)(H,18,21). The molecule has 2 rings (SSSR count). The van der Waals surface area contributed by atoms with Gasteiger partial charge in [-0.05, 0) is 28.1 Å². The van der Waals surface area contributed by atoms with Crippen molar-refractivity contribution in [1.82, 2.24) is 15.1 Å². The van der Waals surface area contributed by atoms with E-state index in [1.165, 1.54) is 36.3 Å². The molecule has 0 saturated heterocycles. The molecular weight excluding hydrogens is 343 g/mol. The number of hydrogen-bond acceptors (Lipinski definition) is 3. The maximum Gasteiger partial charge on any atom is 0.259 e. The molecule has 2 aromatic rings. The highest BCUT2D eigenvalue weighted by Crippen LogP contribution is 2.21. The average Bonchev–Trinajstić information content (AvgIpc) is 2.85. The van der Waals surface area contributed by atoms with Crippen molar-refractivity contribution in [3.8, 4) is 0 Å². The van der Waals surface area contributed by atoms with E-state index in [2.05, 4.69) is 31.7 Å². The predicted octanol–water partition coefficient (Wildman–Crippen LogP) is 1.78. The van der Waals surface area contributed by atoms with Gasteiger partial charge in [0.1, 0.15) is 12.4 Å². The van der Waals surface area contributed by atoms with E-state index in [1.807, 2.05) is 0 Å². The van der Waals surface area contributed by atoms with Crippen molar-refractivity contribution in [2.24, 2.45) is 0 Å². The summed E-state index contributed by atoms with van der Waals surface area (Å²) in [6.07, 6.45) is 2.87. The summed E-state index contributed by atoms with van der Waals surface area (Å²) in [5.41, 5.74) is 0.288. The van der Waals surface area contributed by atoms with Gasteiger partial charge in [-0.1, -0.05) is 6.07 Å². The fourth-order valence-electron chi connectivity index (χ4n) is 1.65. The molecule has 0 saturated carbocycles. The molecule has 2 N–H and O–H groups in total. The topological polar surface area (TPSA) is 76.0 Å². The van der Waals surface area contributed by atoms with Gasteiger partial charge in [0.25, 0.3) is 5.91 Å². The van der Waals surface area contributed by atoms with E-state index in [1.54, 1.807) is 6.07 Å². The smallest absolute Gasteiger partial charge is 0.259 e. The molecular formula is C13H12BrFN4O2. The maximum atomic E-state index is 13.7. The van der Waals surface area contributed by atoms with Gasteiger partial charge in [-0.3, -0.25) is 14.3 Å². The van der Waals surface area contributed by atoms with Crippen LogP contribution in [-0.2, 0) is 11.3 Å². The first-order valence-corrected chi connectivity index (χ1v) is 6.79. The highest BCUT2D eigenvalue weighted by Gasteiger charge is 2.16. The summed E-state index contributed by atoms with van der Waals surface area (Å²) < 4.78 is 15.4. The summed E-state index contributed by atoms with van der Waals surface area (Å²) in [6.45, 7) is 0.0375. The molecule has 0 aliphatic carbocycles. The Balaban J connectivity index is 2.12. The van der Waals surface area contributed by atoms with E-state index < -0.39 is 11.7 Å². The summed E-state index contributed by atoms with van der Waals surface area (Å²) >= 11 is 3.13. The van der Waals surface area contributed by atoms with Crippen LogP contribution in [0.1, 0.15) is 10.4 Å². The zero-order chi connectivity index (χ0) is 15.4. The van der Waals surface area contributed by atoms with Crippen molar-refractivity contribution in [3.63, 3.8) is 0 Å². The van der Waals surface area contributed by atoms with Crippen LogP contribution in [0.5, 0.6) is 0 Å². The van der Waals surface area contributed by atoms with Crippen LogP contribution in [0.4, 0.5) is 10.1 Å². The Bertz CT molecular complexity index is 666. The highest BCUT2D eigenvalue weighted by atomic mass is 79.9. The maximum absolute atomic E-state index is 13.7. The van der Waals surface area contributed by atoms with Crippen LogP contribution in [-0.4, -0.2) is 28.6 Å². The van der Waals surface area contributed by atoms with Gasteiger partial charge in [0.05, 0.1) is 17.4 Å². The molecule has 1 aromatic heterocycles. The van der Waals surface area contributed by atoms with Crippen molar-refractivity contribution >= 4 is 33.4 Å². The van der Waals surface area contributed by atoms with Crippen LogP contribution in [0.3, 0.4) is 0 Å². The molecule has 0 spiro atoms. The fourth-order valence-corrected chi connectivity index (χ4v) is 2.17. The Kier molecular flexibility index (Phi) is 4.69. The quantitative estimate of drug-likeness (QED) is 0.878. The SMILES string of the molecule is CNC(=O)Cn1cc(NC(=O)c2c(F)cccc2Br)cn1. The number of hydrogen-bond donors (Lipinski definition) is 2. The molecule has 0 radical (unpaired) electrons. The number of carbonyl (C=O) groups is 2. The summed E-state index contributed by atoms with van der Waals surface area (Å²) in [4.78, 5) is 23.3. The number of nitrogens with zero attached hydrogens (tertiary/aromatic N) is 2. The third kappa shape index (κ3) is 3.66. The first-order valence-electron chi connectivity index (χ1n) is 5.99. The lowest BCUT2D eigenvalue weighted by molar-refractivity contribution is -0.121. The van der Waals surface area contributed by atoms with Crippen molar-refractivity contribution in [1.29, 1.82) is 0 Å². The van der Waals surface area contributed by atoms with Crippen LogP contribution >= 0.6 is 15.9 Å². The second-order valence-corrected chi connectivity index (χ2v) is 5.00. The minimum absolute atomic E-state index is 0.0375. The predicted molar refractivity (Wildman–Crippen MR) is 78.3 cm³/mol. The minimum atomic E-state index is -0.625. The van der Waals surface area contributed by atoms with Crippen LogP contribution in [0.2, 0.25) is 0 Å². The number of nitrogens with one attached hydrogen (secondary N) is 2. The van der Waals surface area contributed by atoms with Crippen molar-refractivity contribution in [2.45, 2.75) is 6.54 Å². The van der Waals surface area contributed by atoms with Crippen LogP contribution in [0.15, 0.2) is 35.1 Å². The Labute approximate surface area is 128 Å². The fraction of sp³-hybridized carbons (Fsp3) is 0.154. The first kappa shape index (κ1) is 15.2. The third-order valence-electron chi connectivity index (χ3n) is 2.67. The molecule has 0 aliphatic heterocycles. The molecule has 110 valence electrons. The lowest BCUT2D eigenvalue weighted by Gasteiger charge is -2.05. The van der Waals surface area contributed by atoms with Crippen molar-refractivity contribution in [2.75, 3.05) is 12.4 Å². The summed E-state index contributed by atoms with van der Waals surface area (Å²) in [5, 5.41) is 8.92.